The molecule has 1 rings (SSSR count). The first-order chi connectivity index (χ1) is 7.36. The van der Waals surface area contributed by atoms with E-state index >= 15 is 0 Å². The van der Waals surface area contributed by atoms with Crippen LogP contribution >= 0.6 is 0 Å². The van der Waals surface area contributed by atoms with Crippen molar-refractivity contribution in [2.45, 2.75) is 45.4 Å². The van der Waals surface area contributed by atoms with Gasteiger partial charge in [-0.25, -0.2) is 0 Å². The highest BCUT2D eigenvalue weighted by atomic mass is 14.0. The average molecular weight is 201 g/mol. The molecule has 0 N–H and O–H groups in total. The molecule has 0 aromatic heterocycles. The third kappa shape index (κ3) is 4.83. The lowest BCUT2D eigenvalue weighted by Gasteiger charge is -2.02. The largest absolute Gasteiger partial charge is 0.0845 e. The van der Waals surface area contributed by atoms with E-state index in [2.05, 4.69) is 31.2 Å². The Hall–Kier alpha value is -1.04. The molecule has 0 fully saturated rings. The van der Waals surface area contributed by atoms with Crippen molar-refractivity contribution in [2.24, 2.45) is 0 Å². The zero-order valence-corrected chi connectivity index (χ0v) is 9.71. The van der Waals surface area contributed by atoms with E-state index in [-0.39, 0.29) is 0 Å². The minimum Gasteiger partial charge on any atom is -0.0845 e. The van der Waals surface area contributed by atoms with Crippen molar-refractivity contribution in [3.05, 3.63) is 48.0 Å². The second kappa shape index (κ2) is 7.28. The quantitative estimate of drug-likeness (QED) is 0.576. The molecule has 1 radical (unpaired) electrons. The molecule has 0 saturated carbocycles. The summed E-state index contributed by atoms with van der Waals surface area (Å²) in [4.78, 5) is 0. The van der Waals surface area contributed by atoms with E-state index < -0.39 is 0 Å². The highest BCUT2D eigenvalue weighted by molar-refractivity contribution is 5.22. The zero-order chi connectivity index (χ0) is 10.9. The molecule has 0 heterocycles. The molecule has 0 heteroatoms. The van der Waals surface area contributed by atoms with Gasteiger partial charge >= 0.3 is 0 Å². The van der Waals surface area contributed by atoms with Gasteiger partial charge < -0.3 is 0 Å². The Morgan fingerprint density at radius 2 is 1.60 bits per heavy atom. The van der Waals surface area contributed by atoms with Crippen LogP contribution in [-0.4, -0.2) is 0 Å². The summed E-state index contributed by atoms with van der Waals surface area (Å²) in [5.41, 5.74) is 2.91. The maximum Gasteiger partial charge on any atom is -0.0279 e. The normalized spacial score (nSPS) is 10.2. The fraction of sp³-hybridized carbons (Fsp3) is 0.467. The molecule has 0 unspecified atom stereocenters. The molecule has 0 spiro atoms. The number of unbranched alkanes of at least 4 members (excludes halogenated alkanes) is 2. The molecular formula is C15H21. The molecule has 1 aromatic rings. The van der Waals surface area contributed by atoms with E-state index in [1.807, 2.05) is 0 Å². The summed E-state index contributed by atoms with van der Waals surface area (Å²) >= 11 is 0. The Labute approximate surface area is 94.0 Å². The first-order valence-electron chi connectivity index (χ1n) is 5.98. The molecule has 0 aliphatic rings. The summed E-state index contributed by atoms with van der Waals surface area (Å²) in [6.45, 7) is 7.56. The number of allylic oxidation sites excluding steroid dienone is 1. The van der Waals surface area contributed by atoms with Gasteiger partial charge in [-0.2, -0.15) is 0 Å². The Morgan fingerprint density at radius 1 is 1.00 bits per heavy atom. The van der Waals surface area contributed by atoms with Crippen LogP contribution in [0.3, 0.4) is 0 Å². The molecule has 15 heavy (non-hydrogen) atoms. The third-order valence-corrected chi connectivity index (χ3v) is 2.65. The van der Waals surface area contributed by atoms with Crippen molar-refractivity contribution in [2.75, 3.05) is 0 Å². The highest BCUT2D eigenvalue weighted by Gasteiger charge is 1.94. The zero-order valence-electron chi connectivity index (χ0n) is 9.71. The minimum atomic E-state index is 1.04. The van der Waals surface area contributed by atoms with Crippen molar-refractivity contribution in [3.63, 3.8) is 0 Å². The summed E-state index contributed by atoms with van der Waals surface area (Å²) in [6, 6.07) is 9.04. The maximum atomic E-state index is 5.34. The third-order valence-electron chi connectivity index (χ3n) is 2.65. The van der Waals surface area contributed by atoms with Gasteiger partial charge in [-0.05, 0) is 43.2 Å². The van der Waals surface area contributed by atoms with Crippen LogP contribution in [-0.2, 0) is 12.8 Å². The van der Waals surface area contributed by atoms with Gasteiger partial charge in [-0.15, -0.1) is 0 Å². The molecule has 0 bridgehead atoms. The topological polar surface area (TPSA) is 0 Å². The number of rotatable bonds is 7. The number of hydrogen-bond donors (Lipinski definition) is 0. The van der Waals surface area contributed by atoms with Crippen LogP contribution in [0.25, 0.3) is 0 Å². The molecule has 0 atom stereocenters. The average Bonchev–Trinajstić information content (AvgIpc) is 2.27. The van der Waals surface area contributed by atoms with E-state index in [1.54, 1.807) is 6.08 Å². The van der Waals surface area contributed by atoms with Crippen molar-refractivity contribution in [3.8, 4) is 0 Å². The lowest BCUT2D eigenvalue weighted by atomic mass is 10.0. The molecule has 0 nitrogen and oxygen atoms in total. The Bertz CT molecular complexity index is 269. The predicted octanol–water partition coefficient (Wildman–Crippen LogP) is 4.34. The van der Waals surface area contributed by atoms with E-state index in [0.717, 1.165) is 6.42 Å². The summed E-state index contributed by atoms with van der Waals surface area (Å²) in [7, 11) is 0. The molecule has 0 saturated heterocycles. The smallest absolute Gasteiger partial charge is 0.0279 e. The highest BCUT2D eigenvalue weighted by Crippen LogP contribution is 2.10. The van der Waals surface area contributed by atoms with Crippen LogP contribution in [0.5, 0.6) is 0 Å². The molecule has 0 amide bonds. The van der Waals surface area contributed by atoms with Crippen molar-refractivity contribution >= 4 is 0 Å². The number of hydrogen-bond acceptors (Lipinski definition) is 0. The second-order valence-electron chi connectivity index (χ2n) is 4.05. The van der Waals surface area contributed by atoms with Crippen molar-refractivity contribution in [1.82, 2.24) is 0 Å². The lowest BCUT2D eigenvalue weighted by Crippen LogP contribution is -1.87. The SMILES string of the molecule is [CH]=CCCCCc1ccc(CCC)cc1. The Kier molecular flexibility index (Phi) is 5.84. The van der Waals surface area contributed by atoms with E-state index in [1.165, 1.54) is 43.2 Å². The van der Waals surface area contributed by atoms with Gasteiger partial charge in [0.15, 0.2) is 0 Å². The second-order valence-corrected chi connectivity index (χ2v) is 4.05. The van der Waals surface area contributed by atoms with Crippen molar-refractivity contribution < 1.29 is 0 Å². The predicted molar refractivity (Wildman–Crippen MR) is 66.9 cm³/mol. The summed E-state index contributed by atoms with van der Waals surface area (Å²) in [5, 5.41) is 0. The van der Waals surface area contributed by atoms with Gasteiger partial charge in [0.2, 0.25) is 0 Å². The standard InChI is InChI=1S/C15H21/c1-3-5-6-7-9-15-12-10-14(8-4-2)11-13-15/h1,3,10-13H,4-9H2,2H3. The van der Waals surface area contributed by atoms with Crippen LogP contribution < -0.4 is 0 Å². The molecule has 1 aromatic carbocycles. The maximum absolute atomic E-state index is 5.34. The minimum absolute atomic E-state index is 1.04. The van der Waals surface area contributed by atoms with E-state index in [0.29, 0.717) is 0 Å². The summed E-state index contributed by atoms with van der Waals surface area (Å²) < 4.78 is 0. The summed E-state index contributed by atoms with van der Waals surface area (Å²) in [6.07, 6.45) is 8.83. The van der Waals surface area contributed by atoms with Crippen LogP contribution in [0.15, 0.2) is 30.3 Å². The Morgan fingerprint density at radius 3 is 2.13 bits per heavy atom. The van der Waals surface area contributed by atoms with Crippen LogP contribution in [0.1, 0.15) is 43.7 Å². The van der Waals surface area contributed by atoms with Crippen LogP contribution in [0.2, 0.25) is 0 Å². The van der Waals surface area contributed by atoms with Gasteiger partial charge in [0, 0.05) is 0 Å². The fourth-order valence-corrected chi connectivity index (χ4v) is 1.75. The molecular weight excluding hydrogens is 180 g/mol. The van der Waals surface area contributed by atoms with Crippen LogP contribution in [0, 0.1) is 6.58 Å². The first kappa shape index (κ1) is 12.0. The van der Waals surface area contributed by atoms with Gasteiger partial charge in [-0.3, -0.25) is 0 Å². The van der Waals surface area contributed by atoms with Gasteiger partial charge in [0.1, 0.15) is 0 Å². The first-order valence-corrected chi connectivity index (χ1v) is 5.98. The number of aryl methyl sites for hydroxylation is 2. The van der Waals surface area contributed by atoms with E-state index in [9.17, 15) is 0 Å². The van der Waals surface area contributed by atoms with Gasteiger partial charge in [0.05, 0.1) is 0 Å². The lowest BCUT2D eigenvalue weighted by molar-refractivity contribution is 0.747. The van der Waals surface area contributed by atoms with Gasteiger partial charge in [-0.1, -0.05) is 50.3 Å². The molecule has 81 valence electrons. The fourth-order valence-electron chi connectivity index (χ4n) is 1.75. The van der Waals surface area contributed by atoms with Gasteiger partial charge in [0.25, 0.3) is 0 Å². The summed E-state index contributed by atoms with van der Waals surface area (Å²) in [5.74, 6) is 0. The monoisotopic (exact) mass is 201 g/mol. The Balaban J connectivity index is 2.32. The molecule has 0 aliphatic heterocycles. The van der Waals surface area contributed by atoms with Crippen LogP contribution in [0.4, 0.5) is 0 Å². The number of benzene rings is 1. The van der Waals surface area contributed by atoms with E-state index in [4.69, 9.17) is 6.58 Å². The van der Waals surface area contributed by atoms with Crippen molar-refractivity contribution in [1.29, 1.82) is 0 Å². The molecule has 0 aliphatic carbocycles.